The average Bonchev–Trinajstić information content (AvgIpc) is 3.03. The van der Waals surface area contributed by atoms with Crippen molar-refractivity contribution in [2.45, 2.75) is 69.9 Å². The summed E-state index contributed by atoms with van der Waals surface area (Å²) in [6.45, 7) is 3.83. The molecule has 5 nitrogen and oxygen atoms in total. The van der Waals surface area contributed by atoms with Gasteiger partial charge in [-0.25, -0.2) is 9.07 Å². The zero-order valence-corrected chi connectivity index (χ0v) is 17.8. The molecule has 4 rings (SSSR count). The van der Waals surface area contributed by atoms with Crippen LogP contribution in [0.5, 0.6) is 0 Å². The maximum atomic E-state index is 13.9. The quantitative estimate of drug-likeness (QED) is 0.584. The molecule has 1 aromatic heterocycles. The van der Waals surface area contributed by atoms with E-state index >= 15 is 0 Å². The highest BCUT2D eigenvalue weighted by molar-refractivity contribution is 6.36. The number of nitrogens with zero attached hydrogens (tertiary/aromatic N) is 3. The topological polar surface area (TPSA) is 50.2 Å². The number of aromatic nitrogens is 2. The fourth-order valence-corrected chi connectivity index (χ4v) is 4.84. The maximum Gasteiger partial charge on any atom is 0.410 e. The Morgan fingerprint density at radius 2 is 1.77 bits per heavy atom. The number of halogens is 5. The third-order valence-electron chi connectivity index (χ3n) is 6.20. The van der Waals surface area contributed by atoms with E-state index in [0.717, 1.165) is 23.9 Å². The second kappa shape index (κ2) is 8.00. The minimum Gasteiger partial charge on any atom is -0.362 e. The van der Waals surface area contributed by atoms with E-state index < -0.39 is 30.0 Å². The van der Waals surface area contributed by atoms with Crippen LogP contribution < -0.4 is 5.32 Å². The summed E-state index contributed by atoms with van der Waals surface area (Å²) < 4.78 is 55.8. The Bertz CT molecular complexity index is 965. The normalized spacial score (nSPS) is 26.4. The minimum atomic E-state index is -4.60. The van der Waals surface area contributed by atoms with E-state index in [0.29, 0.717) is 5.56 Å². The summed E-state index contributed by atoms with van der Waals surface area (Å²) in [5, 5.41) is 6.89. The van der Waals surface area contributed by atoms with Crippen LogP contribution >= 0.6 is 11.6 Å². The molecule has 0 unspecified atom stereocenters. The van der Waals surface area contributed by atoms with Crippen molar-refractivity contribution < 1.29 is 22.4 Å². The number of fused-ring (bicyclic) bond motifs is 1. The molecule has 1 aromatic carbocycles. The molecule has 2 aliphatic heterocycles. The van der Waals surface area contributed by atoms with E-state index in [2.05, 4.69) is 10.4 Å². The molecule has 0 aliphatic carbocycles. The minimum absolute atomic E-state index is 0.0507. The number of carbonyl (C=O) groups excluding carboxylic acids is 1. The number of likely N-dealkylation sites (tertiary alicyclic amines) is 1. The van der Waals surface area contributed by atoms with E-state index in [-0.39, 0.29) is 35.0 Å². The molecule has 2 aromatic rings. The van der Waals surface area contributed by atoms with Crippen LogP contribution in [0.1, 0.15) is 67.7 Å². The molecule has 3 heterocycles. The summed E-state index contributed by atoms with van der Waals surface area (Å²) in [4.78, 5) is 14.9. The lowest BCUT2D eigenvalue weighted by Gasteiger charge is -2.38. The van der Waals surface area contributed by atoms with Crippen molar-refractivity contribution in [1.82, 2.24) is 14.7 Å². The Hall–Kier alpha value is -2.29. The zero-order chi connectivity index (χ0) is 22.5. The third kappa shape index (κ3) is 4.00. The number of hydrogen-bond donors (Lipinski definition) is 1. The third-order valence-corrected chi connectivity index (χ3v) is 6.56. The first-order chi connectivity index (χ1) is 14.6. The van der Waals surface area contributed by atoms with Crippen molar-refractivity contribution in [2.75, 3.05) is 5.32 Å². The standard InChI is InChI=1S/C21H23ClF4N4O/c1-11-4-3-5-12(2)29(11)20(31)18-17(22)19-27-15(13-6-8-14(23)9-7-13)10-16(21(24,25)26)30(19)28-18/h6-9,11-12,15-16,27H,3-5,10H2,1-2H3/t11-,12+,15-,16-/m0/s1. The number of nitrogens with one attached hydrogen (secondary N) is 1. The van der Waals surface area contributed by atoms with E-state index in [4.69, 9.17) is 11.6 Å². The van der Waals surface area contributed by atoms with Gasteiger partial charge in [0.15, 0.2) is 11.7 Å². The van der Waals surface area contributed by atoms with Gasteiger partial charge in [-0.15, -0.1) is 0 Å². The molecule has 31 heavy (non-hydrogen) atoms. The van der Waals surface area contributed by atoms with Gasteiger partial charge in [0, 0.05) is 18.5 Å². The molecule has 4 atom stereocenters. The molecule has 1 saturated heterocycles. The summed E-state index contributed by atoms with van der Waals surface area (Å²) in [5.41, 5.74) is 0.309. The van der Waals surface area contributed by atoms with Crippen molar-refractivity contribution in [3.8, 4) is 0 Å². The van der Waals surface area contributed by atoms with E-state index in [1.165, 1.54) is 24.3 Å². The van der Waals surface area contributed by atoms with E-state index in [9.17, 15) is 22.4 Å². The summed E-state index contributed by atoms with van der Waals surface area (Å²) in [7, 11) is 0. The fraction of sp³-hybridized carbons (Fsp3) is 0.524. The van der Waals surface area contributed by atoms with Gasteiger partial charge in [-0.3, -0.25) is 4.79 Å². The number of rotatable bonds is 2. The lowest BCUT2D eigenvalue weighted by molar-refractivity contribution is -0.173. The largest absolute Gasteiger partial charge is 0.410 e. The number of hydrogen-bond acceptors (Lipinski definition) is 3. The molecule has 0 radical (unpaired) electrons. The van der Waals surface area contributed by atoms with Gasteiger partial charge in [-0.05, 0) is 50.8 Å². The van der Waals surface area contributed by atoms with E-state index in [1.54, 1.807) is 4.90 Å². The number of anilines is 1. The molecule has 168 valence electrons. The highest BCUT2D eigenvalue weighted by Crippen LogP contribution is 2.46. The Balaban J connectivity index is 1.74. The molecule has 0 bridgehead atoms. The highest BCUT2D eigenvalue weighted by Gasteiger charge is 2.48. The van der Waals surface area contributed by atoms with Crippen molar-refractivity contribution in [3.05, 3.63) is 46.4 Å². The number of amides is 1. The van der Waals surface area contributed by atoms with Crippen LogP contribution in [-0.2, 0) is 0 Å². The van der Waals surface area contributed by atoms with Gasteiger partial charge < -0.3 is 10.2 Å². The predicted octanol–water partition coefficient (Wildman–Crippen LogP) is 5.74. The molecule has 1 fully saturated rings. The fourth-order valence-electron chi connectivity index (χ4n) is 4.58. The second-order valence-corrected chi connectivity index (χ2v) is 8.72. The molecule has 1 N–H and O–H groups in total. The lowest BCUT2D eigenvalue weighted by atomic mass is 9.96. The first-order valence-electron chi connectivity index (χ1n) is 10.3. The van der Waals surface area contributed by atoms with Crippen LogP contribution in [0.15, 0.2) is 24.3 Å². The number of piperidine rings is 1. The lowest BCUT2D eigenvalue weighted by Crippen LogP contribution is -2.47. The molecule has 0 saturated carbocycles. The summed E-state index contributed by atoms with van der Waals surface area (Å²) >= 11 is 6.42. The second-order valence-electron chi connectivity index (χ2n) is 8.34. The van der Waals surface area contributed by atoms with E-state index in [1.807, 2.05) is 13.8 Å². The van der Waals surface area contributed by atoms with Gasteiger partial charge in [0.2, 0.25) is 0 Å². The average molecular weight is 459 g/mol. The number of alkyl halides is 3. The van der Waals surface area contributed by atoms with Crippen LogP contribution in [0.25, 0.3) is 0 Å². The summed E-state index contributed by atoms with van der Waals surface area (Å²) in [5.74, 6) is -0.995. The zero-order valence-electron chi connectivity index (χ0n) is 17.1. The van der Waals surface area contributed by atoms with Gasteiger partial charge in [-0.2, -0.15) is 18.3 Å². The van der Waals surface area contributed by atoms with Crippen LogP contribution in [-0.4, -0.2) is 38.8 Å². The Morgan fingerprint density at radius 3 is 2.35 bits per heavy atom. The summed E-state index contributed by atoms with van der Waals surface area (Å²) in [6, 6.07) is 2.43. The SMILES string of the molecule is C[C@@H]1CCC[C@H](C)N1C(=O)c1nn2c(c1Cl)N[C@H](c1ccc(F)cc1)C[C@H]2C(F)(F)F. The maximum absolute atomic E-state index is 13.9. The molecule has 10 heteroatoms. The molecular weight excluding hydrogens is 436 g/mol. The van der Waals surface area contributed by atoms with Crippen molar-refractivity contribution in [1.29, 1.82) is 0 Å². The van der Waals surface area contributed by atoms with Crippen LogP contribution in [0, 0.1) is 5.82 Å². The Labute approximate surface area is 182 Å². The molecular formula is C21H23ClF4N4O. The van der Waals surface area contributed by atoms with Crippen LogP contribution in [0.3, 0.4) is 0 Å². The van der Waals surface area contributed by atoms with Gasteiger partial charge in [0.05, 0.1) is 6.04 Å². The van der Waals surface area contributed by atoms with Crippen molar-refractivity contribution in [2.24, 2.45) is 0 Å². The van der Waals surface area contributed by atoms with Gasteiger partial charge in [0.25, 0.3) is 5.91 Å². The first-order valence-corrected chi connectivity index (χ1v) is 10.6. The molecule has 1 amide bonds. The van der Waals surface area contributed by atoms with Gasteiger partial charge in [0.1, 0.15) is 16.7 Å². The smallest absolute Gasteiger partial charge is 0.362 e. The van der Waals surface area contributed by atoms with Crippen molar-refractivity contribution >= 4 is 23.3 Å². The first kappa shape index (κ1) is 21.9. The van der Waals surface area contributed by atoms with Crippen molar-refractivity contribution in [3.63, 3.8) is 0 Å². The monoisotopic (exact) mass is 458 g/mol. The summed E-state index contributed by atoms with van der Waals surface area (Å²) in [6.07, 6.45) is -2.34. The molecule has 2 aliphatic rings. The van der Waals surface area contributed by atoms with Gasteiger partial charge in [-0.1, -0.05) is 23.7 Å². The number of carbonyl (C=O) groups is 1. The number of benzene rings is 1. The predicted molar refractivity (Wildman–Crippen MR) is 109 cm³/mol. The Kier molecular flexibility index (Phi) is 5.66. The van der Waals surface area contributed by atoms with Crippen LogP contribution in [0.2, 0.25) is 5.02 Å². The van der Waals surface area contributed by atoms with Gasteiger partial charge >= 0.3 is 6.18 Å². The Morgan fingerprint density at radius 1 is 1.16 bits per heavy atom. The van der Waals surface area contributed by atoms with Crippen LogP contribution in [0.4, 0.5) is 23.4 Å². The molecule has 0 spiro atoms. The highest BCUT2D eigenvalue weighted by atomic mass is 35.5.